The second-order valence-electron chi connectivity index (χ2n) is 1.97. The van der Waals surface area contributed by atoms with E-state index in [-0.39, 0.29) is 0 Å². The fourth-order valence-electron chi connectivity index (χ4n) is 0.703. The molecule has 0 aliphatic rings. The van der Waals surface area contributed by atoms with Gasteiger partial charge in [-0.05, 0) is 6.07 Å². The maximum absolute atomic E-state index is 6.93. The van der Waals surface area contributed by atoms with Gasteiger partial charge in [0, 0.05) is 17.8 Å². The highest BCUT2D eigenvalue weighted by Crippen LogP contribution is 2.11. The van der Waals surface area contributed by atoms with E-state index in [1.54, 1.807) is 12.1 Å². The number of nitrogen functional groups attached to an aromatic ring is 1. The molecule has 0 fully saturated rings. The van der Waals surface area contributed by atoms with E-state index in [1.807, 2.05) is 0 Å². The van der Waals surface area contributed by atoms with Crippen LogP contribution in [0.4, 0.5) is 5.82 Å². The van der Waals surface area contributed by atoms with Crippen molar-refractivity contribution in [3.8, 4) is 5.88 Å². The van der Waals surface area contributed by atoms with Crippen LogP contribution in [0.25, 0.3) is 0 Å². The summed E-state index contributed by atoms with van der Waals surface area (Å²) in [4.78, 5) is 3.87. The van der Waals surface area contributed by atoms with E-state index in [2.05, 4.69) is 4.98 Å². The van der Waals surface area contributed by atoms with Crippen molar-refractivity contribution < 1.29 is 4.74 Å². The first-order valence-electron chi connectivity index (χ1n) is 3.09. The summed E-state index contributed by atoms with van der Waals surface area (Å²) < 4.78 is 4.83. The second-order valence-corrected chi connectivity index (χ2v) is 1.97. The summed E-state index contributed by atoms with van der Waals surface area (Å²) >= 11 is 0. The molecule has 0 radical (unpaired) electrons. The van der Waals surface area contributed by atoms with Gasteiger partial charge < -0.3 is 15.9 Å². The molecule has 0 amide bonds. The Morgan fingerprint density at radius 2 is 2.36 bits per heavy atom. The van der Waals surface area contributed by atoms with Crippen LogP contribution in [-0.4, -0.2) is 18.3 Å². The van der Waals surface area contributed by atoms with Crippen LogP contribution in [0.3, 0.4) is 0 Å². The van der Waals surface area contributed by atoms with Crippen LogP contribution in [0.15, 0.2) is 12.1 Å². The topological polar surface area (TPSA) is 72.0 Å². The van der Waals surface area contributed by atoms with Crippen LogP contribution in [0.2, 0.25) is 0 Å². The van der Waals surface area contributed by atoms with E-state index in [0.717, 1.165) is 6.21 Å². The van der Waals surface area contributed by atoms with Gasteiger partial charge >= 0.3 is 0 Å². The number of ether oxygens (including phenoxy) is 1. The van der Waals surface area contributed by atoms with E-state index in [4.69, 9.17) is 15.9 Å². The average Bonchev–Trinajstić information content (AvgIpc) is 2.04. The molecular formula is C7H9N3O. The zero-order valence-electron chi connectivity index (χ0n) is 6.16. The third-order valence-electron chi connectivity index (χ3n) is 1.30. The van der Waals surface area contributed by atoms with Crippen molar-refractivity contribution in [3.05, 3.63) is 17.7 Å². The van der Waals surface area contributed by atoms with Crippen LogP contribution in [0, 0.1) is 5.41 Å². The minimum Gasteiger partial charge on any atom is -0.481 e. The van der Waals surface area contributed by atoms with Crippen molar-refractivity contribution in [1.82, 2.24) is 4.98 Å². The monoisotopic (exact) mass is 151 g/mol. The fraction of sp³-hybridized carbons (Fsp3) is 0.143. The molecule has 1 aromatic heterocycles. The van der Waals surface area contributed by atoms with Gasteiger partial charge in [-0.25, -0.2) is 0 Å². The minimum atomic E-state index is 0.319. The van der Waals surface area contributed by atoms with Gasteiger partial charge in [0.2, 0.25) is 5.88 Å². The molecule has 0 bridgehead atoms. The Hall–Kier alpha value is -1.58. The van der Waals surface area contributed by atoms with Crippen LogP contribution >= 0.6 is 0 Å². The number of methoxy groups -OCH3 is 1. The molecule has 0 unspecified atom stereocenters. The van der Waals surface area contributed by atoms with Crippen LogP contribution < -0.4 is 10.5 Å². The molecule has 11 heavy (non-hydrogen) atoms. The molecule has 4 nitrogen and oxygen atoms in total. The van der Waals surface area contributed by atoms with Crippen LogP contribution in [-0.2, 0) is 0 Å². The maximum Gasteiger partial charge on any atom is 0.214 e. The summed E-state index contributed by atoms with van der Waals surface area (Å²) in [5.74, 6) is 0.785. The number of nitrogens with zero attached hydrogens (tertiary/aromatic N) is 1. The highest BCUT2D eigenvalue weighted by Gasteiger charge is 1.98. The zero-order chi connectivity index (χ0) is 8.27. The molecule has 3 N–H and O–H groups in total. The predicted molar refractivity (Wildman–Crippen MR) is 43.1 cm³/mol. The lowest BCUT2D eigenvalue weighted by molar-refractivity contribution is 0.398. The first-order valence-corrected chi connectivity index (χ1v) is 3.09. The molecule has 0 aliphatic heterocycles. The Morgan fingerprint density at radius 1 is 1.64 bits per heavy atom. The van der Waals surface area contributed by atoms with Gasteiger partial charge in [0.05, 0.1) is 7.11 Å². The number of hydrogen-bond donors (Lipinski definition) is 2. The summed E-state index contributed by atoms with van der Waals surface area (Å²) in [6.45, 7) is 0. The third-order valence-corrected chi connectivity index (χ3v) is 1.30. The molecule has 0 spiro atoms. The highest BCUT2D eigenvalue weighted by atomic mass is 16.5. The van der Waals surface area contributed by atoms with E-state index in [0.29, 0.717) is 17.3 Å². The Bertz CT molecular complexity index is 272. The molecule has 4 heteroatoms. The molecule has 58 valence electrons. The fourth-order valence-corrected chi connectivity index (χ4v) is 0.703. The smallest absolute Gasteiger partial charge is 0.214 e. The van der Waals surface area contributed by atoms with Crippen molar-refractivity contribution in [1.29, 1.82) is 5.41 Å². The highest BCUT2D eigenvalue weighted by molar-refractivity contribution is 5.83. The van der Waals surface area contributed by atoms with Crippen LogP contribution in [0.1, 0.15) is 5.56 Å². The van der Waals surface area contributed by atoms with Gasteiger partial charge in [0.1, 0.15) is 5.82 Å². The number of nitrogens with two attached hydrogens (primary N) is 1. The summed E-state index contributed by atoms with van der Waals surface area (Å²) in [5.41, 5.74) is 6.07. The SMILES string of the molecule is COc1ccc(C=N)c(N)n1. The molecule has 0 atom stereocenters. The normalized spacial score (nSPS) is 9.18. The zero-order valence-corrected chi connectivity index (χ0v) is 6.16. The first kappa shape index (κ1) is 7.53. The van der Waals surface area contributed by atoms with Gasteiger partial charge in [0.15, 0.2) is 0 Å². The quantitative estimate of drug-likeness (QED) is 0.610. The molecule has 0 saturated heterocycles. The summed E-state index contributed by atoms with van der Waals surface area (Å²) in [5, 5.41) is 6.93. The van der Waals surface area contributed by atoms with E-state index < -0.39 is 0 Å². The van der Waals surface area contributed by atoms with E-state index in [9.17, 15) is 0 Å². The van der Waals surface area contributed by atoms with Crippen molar-refractivity contribution in [2.45, 2.75) is 0 Å². The van der Waals surface area contributed by atoms with Crippen molar-refractivity contribution in [2.75, 3.05) is 12.8 Å². The molecule has 0 aliphatic carbocycles. The van der Waals surface area contributed by atoms with Gasteiger partial charge in [0.25, 0.3) is 0 Å². The molecule has 1 aromatic rings. The number of hydrogen-bond acceptors (Lipinski definition) is 4. The first-order chi connectivity index (χ1) is 5.27. The Labute approximate surface area is 64.5 Å². The lowest BCUT2D eigenvalue weighted by Gasteiger charge is -2.00. The van der Waals surface area contributed by atoms with Gasteiger partial charge in [-0.1, -0.05) is 0 Å². The number of nitrogens with one attached hydrogen (secondary N) is 1. The molecule has 1 heterocycles. The minimum absolute atomic E-state index is 0.319. The third kappa shape index (κ3) is 1.46. The van der Waals surface area contributed by atoms with Crippen molar-refractivity contribution in [3.63, 3.8) is 0 Å². The maximum atomic E-state index is 6.93. The summed E-state index contributed by atoms with van der Waals surface area (Å²) in [6, 6.07) is 3.35. The standard InChI is InChI=1S/C7H9N3O/c1-11-6-3-2-5(4-8)7(9)10-6/h2-4,8H,1H3,(H2,9,10). The average molecular weight is 151 g/mol. The lowest BCUT2D eigenvalue weighted by atomic mass is 10.3. The van der Waals surface area contributed by atoms with E-state index >= 15 is 0 Å². The van der Waals surface area contributed by atoms with Crippen LogP contribution in [0.5, 0.6) is 5.88 Å². The van der Waals surface area contributed by atoms with Crippen molar-refractivity contribution in [2.24, 2.45) is 0 Å². The van der Waals surface area contributed by atoms with Gasteiger partial charge in [-0.15, -0.1) is 0 Å². The lowest BCUT2D eigenvalue weighted by Crippen LogP contribution is -1.98. The van der Waals surface area contributed by atoms with Gasteiger partial charge in [-0.2, -0.15) is 4.98 Å². The van der Waals surface area contributed by atoms with E-state index in [1.165, 1.54) is 7.11 Å². The number of aromatic nitrogens is 1. The summed E-state index contributed by atoms with van der Waals surface area (Å²) in [7, 11) is 1.52. The van der Waals surface area contributed by atoms with Crippen molar-refractivity contribution >= 4 is 12.0 Å². The Balaban J connectivity index is 3.09. The molecular weight excluding hydrogens is 142 g/mol. The number of anilines is 1. The molecule has 0 saturated carbocycles. The largest absolute Gasteiger partial charge is 0.481 e. The molecule has 0 aromatic carbocycles. The van der Waals surface area contributed by atoms with Gasteiger partial charge in [-0.3, -0.25) is 0 Å². The second kappa shape index (κ2) is 3.01. The predicted octanol–water partition coefficient (Wildman–Crippen LogP) is 0.670. The number of pyridine rings is 1. The number of rotatable bonds is 2. The molecule has 1 rings (SSSR count). The Morgan fingerprint density at radius 3 is 2.82 bits per heavy atom. The Kier molecular flexibility index (Phi) is 2.06. The summed E-state index contributed by atoms with van der Waals surface area (Å²) in [6.07, 6.45) is 1.15.